The maximum absolute atomic E-state index is 3.19. The van der Waals surface area contributed by atoms with Crippen LogP contribution in [0, 0.1) is 5.92 Å². The Balaban J connectivity index is 2.21. The lowest BCUT2D eigenvalue weighted by Crippen LogP contribution is -2.03. The average Bonchev–Trinajstić information content (AvgIpc) is 2.78. The average molecular weight is 259 g/mol. The minimum atomic E-state index is 0.712. The smallest absolute Gasteiger partial charge is 0.0346 e. The molecular weight excluding hydrogens is 238 g/mol. The number of rotatable bonds is 5. The third kappa shape index (κ3) is 3.44. The van der Waals surface area contributed by atoms with Crippen molar-refractivity contribution in [3.63, 3.8) is 0 Å². The van der Waals surface area contributed by atoms with Crippen LogP contribution in [0.2, 0.25) is 0 Å². The topological polar surface area (TPSA) is 12.0 Å². The molecule has 0 bridgehead atoms. The van der Waals surface area contributed by atoms with Crippen molar-refractivity contribution >= 4 is 11.3 Å². The molecule has 0 saturated carbocycles. The molecule has 1 heterocycles. The van der Waals surface area contributed by atoms with Gasteiger partial charge in [0.25, 0.3) is 0 Å². The highest BCUT2D eigenvalue weighted by Crippen LogP contribution is 2.28. The van der Waals surface area contributed by atoms with Crippen LogP contribution in [0.15, 0.2) is 35.7 Å². The number of thiophene rings is 1. The van der Waals surface area contributed by atoms with Gasteiger partial charge in [0, 0.05) is 11.4 Å². The highest BCUT2D eigenvalue weighted by molar-refractivity contribution is 7.13. The molecule has 1 nitrogen and oxygen atoms in total. The van der Waals surface area contributed by atoms with Gasteiger partial charge in [-0.3, -0.25) is 0 Å². The van der Waals surface area contributed by atoms with Gasteiger partial charge in [-0.25, -0.2) is 0 Å². The van der Waals surface area contributed by atoms with Crippen LogP contribution in [-0.2, 0) is 13.0 Å². The minimum Gasteiger partial charge on any atom is -0.316 e. The number of hydrogen-bond acceptors (Lipinski definition) is 2. The zero-order chi connectivity index (χ0) is 13.0. The number of nitrogens with one attached hydrogen (secondary N) is 1. The van der Waals surface area contributed by atoms with E-state index in [1.807, 2.05) is 18.4 Å². The molecule has 0 unspecified atom stereocenters. The first-order chi connectivity index (χ1) is 8.69. The van der Waals surface area contributed by atoms with Gasteiger partial charge in [0.1, 0.15) is 0 Å². The Morgan fingerprint density at radius 2 is 2.00 bits per heavy atom. The predicted molar refractivity (Wildman–Crippen MR) is 81.1 cm³/mol. The van der Waals surface area contributed by atoms with E-state index in [0.717, 1.165) is 13.0 Å². The molecule has 0 spiro atoms. The maximum atomic E-state index is 3.19. The molecule has 0 atom stereocenters. The van der Waals surface area contributed by atoms with Crippen LogP contribution < -0.4 is 5.32 Å². The lowest BCUT2D eigenvalue weighted by molar-refractivity contribution is 0.647. The normalized spacial score (nSPS) is 11.1. The van der Waals surface area contributed by atoms with Crippen LogP contribution in [-0.4, -0.2) is 7.05 Å². The van der Waals surface area contributed by atoms with Crippen LogP contribution >= 0.6 is 11.3 Å². The lowest BCUT2D eigenvalue weighted by atomic mass is 10.0. The molecule has 2 heteroatoms. The van der Waals surface area contributed by atoms with E-state index < -0.39 is 0 Å². The van der Waals surface area contributed by atoms with E-state index in [1.165, 1.54) is 21.6 Å². The number of hydrogen-bond donors (Lipinski definition) is 1. The van der Waals surface area contributed by atoms with Crippen molar-refractivity contribution in [2.24, 2.45) is 5.92 Å². The van der Waals surface area contributed by atoms with Crippen LogP contribution in [0.4, 0.5) is 0 Å². The first kappa shape index (κ1) is 13.3. The summed E-state index contributed by atoms with van der Waals surface area (Å²) in [5, 5.41) is 5.43. The van der Waals surface area contributed by atoms with Crippen molar-refractivity contribution in [2.75, 3.05) is 7.05 Å². The van der Waals surface area contributed by atoms with Crippen LogP contribution in [0.25, 0.3) is 10.4 Å². The monoisotopic (exact) mass is 259 g/mol. The molecule has 1 N–H and O–H groups in total. The van der Waals surface area contributed by atoms with Crippen LogP contribution in [0.3, 0.4) is 0 Å². The van der Waals surface area contributed by atoms with E-state index in [-0.39, 0.29) is 0 Å². The summed E-state index contributed by atoms with van der Waals surface area (Å²) in [6, 6.07) is 11.2. The second-order valence-corrected chi connectivity index (χ2v) is 6.06. The van der Waals surface area contributed by atoms with Gasteiger partial charge >= 0.3 is 0 Å². The molecule has 0 saturated heterocycles. The summed E-state index contributed by atoms with van der Waals surface area (Å²) in [7, 11) is 1.99. The molecule has 1 aromatic heterocycles. The second kappa shape index (κ2) is 6.17. The minimum absolute atomic E-state index is 0.712. The summed E-state index contributed by atoms with van der Waals surface area (Å²) in [4.78, 5) is 1.37. The second-order valence-electron chi connectivity index (χ2n) is 5.15. The molecule has 1 aromatic carbocycles. The molecule has 2 aromatic rings. The Morgan fingerprint density at radius 1 is 1.17 bits per heavy atom. The first-order valence-corrected chi connectivity index (χ1v) is 7.38. The van der Waals surface area contributed by atoms with E-state index in [2.05, 4.69) is 54.9 Å². The van der Waals surface area contributed by atoms with E-state index in [4.69, 9.17) is 0 Å². The van der Waals surface area contributed by atoms with Crippen molar-refractivity contribution in [1.82, 2.24) is 5.32 Å². The van der Waals surface area contributed by atoms with Crippen molar-refractivity contribution in [1.29, 1.82) is 0 Å². The van der Waals surface area contributed by atoms with Gasteiger partial charge in [-0.1, -0.05) is 38.1 Å². The fourth-order valence-corrected chi connectivity index (χ4v) is 3.06. The van der Waals surface area contributed by atoms with Crippen molar-refractivity contribution in [3.05, 3.63) is 46.8 Å². The molecule has 0 fully saturated rings. The molecule has 0 amide bonds. The standard InChI is InChI=1S/C16H21NS/c1-12(2)7-13-5-4-6-15(8-13)16-9-14(10-17-3)11-18-16/h4-6,8-9,11-12,17H,7,10H2,1-3H3. The SMILES string of the molecule is CNCc1csc(-c2cccc(CC(C)C)c2)c1. The zero-order valence-electron chi connectivity index (χ0n) is 11.4. The molecular formula is C16H21NS. The Hall–Kier alpha value is -1.12. The third-order valence-corrected chi connectivity index (χ3v) is 3.92. The molecule has 0 radical (unpaired) electrons. The highest BCUT2D eigenvalue weighted by atomic mass is 32.1. The fourth-order valence-electron chi connectivity index (χ4n) is 2.15. The van der Waals surface area contributed by atoms with Crippen molar-refractivity contribution in [2.45, 2.75) is 26.8 Å². The van der Waals surface area contributed by atoms with Gasteiger partial charge < -0.3 is 5.32 Å². The Kier molecular flexibility index (Phi) is 4.56. The van der Waals surface area contributed by atoms with Gasteiger partial charge in [-0.05, 0) is 47.5 Å². The summed E-state index contributed by atoms with van der Waals surface area (Å²) < 4.78 is 0. The van der Waals surface area contributed by atoms with Gasteiger partial charge in [0.2, 0.25) is 0 Å². The molecule has 0 aliphatic heterocycles. The predicted octanol–water partition coefficient (Wildman–Crippen LogP) is 4.33. The van der Waals surface area contributed by atoms with E-state index in [0.29, 0.717) is 5.92 Å². The Labute approximate surface area is 114 Å². The van der Waals surface area contributed by atoms with Gasteiger partial charge in [0.05, 0.1) is 0 Å². The Bertz CT molecular complexity index is 499. The van der Waals surface area contributed by atoms with E-state index in [1.54, 1.807) is 0 Å². The third-order valence-electron chi connectivity index (χ3n) is 2.89. The van der Waals surface area contributed by atoms with Crippen LogP contribution in [0.5, 0.6) is 0 Å². The Morgan fingerprint density at radius 3 is 2.72 bits per heavy atom. The van der Waals surface area contributed by atoms with Crippen molar-refractivity contribution in [3.8, 4) is 10.4 Å². The maximum Gasteiger partial charge on any atom is 0.0346 e. The van der Waals surface area contributed by atoms with E-state index >= 15 is 0 Å². The number of benzene rings is 1. The summed E-state index contributed by atoms with van der Waals surface area (Å²) in [5.74, 6) is 0.712. The molecule has 2 rings (SSSR count). The van der Waals surface area contributed by atoms with Gasteiger partial charge in [-0.2, -0.15) is 0 Å². The van der Waals surface area contributed by atoms with E-state index in [9.17, 15) is 0 Å². The summed E-state index contributed by atoms with van der Waals surface area (Å²) >= 11 is 1.83. The zero-order valence-corrected chi connectivity index (χ0v) is 12.2. The van der Waals surface area contributed by atoms with Crippen LogP contribution in [0.1, 0.15) is 25.0 Å². The quantitative estimate of drug-likeness (QED) is 0.842. The molecule has 96 valence electrons. The molecule has 18 heavy (non-hydrogen) atoms. The molecule has 0 aliphatic rings. The molecule has 0 aliphatic carbocycles. The largest absolute Gasteiger partial charge is 0.316 e. The highest BCUT2D eigenvalue weighted by Gasteiger charge is 2.04. The fraction of sp³-hybridized carbons (Fsp3) is 0.375. The summed E-state index contributed by atoms with van der Waals surface area (Å²) in [5.41, 5.74) is 4.15. The summed E-state index contributed by atoms with van der Waals surface area (Å²) in [6.07, 6.45) is 1.16. The first-order valence-electron chi connectivity index (χ1n) is 6.50. The summed E-state index contributed by atoms with van der Waals surface area (Å²) in [6.45, 7) is 5.48. The van der Waals surface area contributed by atoms with Gasteiger partial charge in [-0.15, -0.1) is 11.3 Å². The lowest BCUT2D eigenvalue weighted by Gasteiger charge is -2.06. The van der Waals surface area contributed by atoms with Crippen molar-refractivity contribution < 1.29 is 0 Å². The van der Waals surface area contributed by atoms with Gasteiger partial charge in [0.15, 0.2) is 0 Å².